The number of nitrogens with zero attached hydrogens (tertiary/aromatic N) is 2. The van der Waals surface area contributed by atoms with Crippen LogP contribution in [0.4, 0.5) is 34.1 Å². The van der Waals surface area contributed by atoms with Crippen LogP contribution < -0.4 is 9.80 Å². The molecule has 0 bridgehead atoms. The van der Waals surface area contributed by atoms with Gasteiger partial charge in [-0.25, -0.2) is 0 Å². The van der Waals surface area contributed by atoms with E-state index >= 15 is 0 Å². The molecule has 0 fully saturated rings. The highest BCUT2D eigenvalue weighted by atomic mass is 15.2. The quantitative estimate of drug-likeness (QED) is 0.145. The van der Waals surface area contributed by atoms with Gasteiger partial charge < -0.3 is 9.80 Å². The van der Waals surface area contributed by atoms with E-state index in [1.165, 1.54) is 54.9 Å². The maximum absolute atomic E-state index is 2.36. The molecule has 0 aliphatic rings. The predicted octanol–water partition coefficient (Wildman–Crippen LogP) is 15.9. The molecular weight excluding hydrogens is 701 g/mol. The topological polar surface area (TPSA) is 6.48 Å². The van der Waals surface area contributed by atoms with Gasteiger partial charge in [0, 0.05) is 34.1 Å². The highest BCUT2D eigenvalue weighted by Crippen LogP contribution is 2.43. The van der Waals surface area contributed by atoms with Gasteiger partial charge in [-0.3, -0.25) is 0 Å². The van der Waals surface area contributed by atoms with E-state index in [2.05, 4.69) is 252 Å². The van der Waals surface area contributed by atoms with Crippen molar-refractivity contribution in [3.8, 4) is 33.4 Å². The Balaban J connectivity index is 1.09. The second-order valence-electron chi connectivity index (χ2n) is 14.6. The minimum Gasteiger partial charge on any atom is -0.310 e. The molecule has 58 heavy (non-hydrogen) atoms. The summed E-state index contributed by atoms with van der Waals surface area (Å²) in [6, 6.07) is 87.3. The number of hydrogen-bond donors (Lipinski definition) is 0. The van der Waals surface area contributed by atoms with Crippen molar-refractivity contribution in [3.05, 3.63) is 243 Å². The number of fused-ring (bicyclic) bond motifs is 2. The molecule has 10 rings (SSSR count). The van der Waals surface area contributed by atoms with E-state index in [9.17, 15) is 0 Å². The van der Waals surface area contributed by atoms with Gasteiger partial charge in [-0.1, -0.05) is 170 Å². The Hall–Kier alpha value is -7.68. The highest BCUT2D eigenvalue weighted by Gasteiger charge is 2.18. The minimum atomic E-state index is 1.07. The Morgan fingerprint density at radius 2 is 0.569 bits per heavy atom. The maximum atomic E-state index is 2.36. The average Bonchev–Trinajstić information content (AvgIpc) is 3.30. The van der Waals surface area contributed by atoms with Crippen molar-refractivity contribution in [1.82, 2.24) is 0 Å². The van der Waals surface area contributed by atoms with Crippen LogP contribution in [0.15, 0.2) is 243 Å². The Labute approximate surface area is 340 Å². The largest absolute Gasteiger partial charge is 0.310 e. The summed E-state index contributed by atoms with van der Waals surface area (Å²) in [5, 5.41) is 4.93. The molecule has 0 saturated carbocycles. The first-order valence-corrected chi connectivity index (χ1v) is 19.8. The summed E-state index contributed by atoms with van der Waals surface area (Å²) < 4.78 is 0. The molecular formula is C56H40N2. The van der Waals surface area contributed by atoms with Crippen LogP contribution in [0, 0.1) is 0 Å². The minimum absolute atomic E-state index is 1.07. The first-order chi connectivity index (χ1) is 28.8. The molecule has 0 radical (unpaired) electrons. The van der Waals surface area contributed by atoms with Crippen LogP contribution in [0.25, 0.3) is 54.9 Å². The van der Waals surface area contributed by atoms with E-state index in [1.807, 2.05) is 0 Å². The molecule has 2 heteroatoms. The molecule has 10 aromatic carbocycles. The normalized spacial score (nSPS) is 11.1. The molecule has 0 saturated heterocycles. The molecule has 0 aliphatic heterocycles. The van der Waals surface area contributed by atoms with Gasteiger partial charge in [-0.2, -0.15) is 0 Å². The molecule has 0 spiro atoms. The SMILES string of the molecule is c1ccc(-c2cccc(N(c3ccc(N(c4ccccc4)c4ccc5cccc(-c6cccc7ccccc67)c5c4)cc3)c3cccc(-c4ccccc4)c3)c2)cc1. The van der Waals surface area contributed by atoms with Crippen molar-refractivity contribution >= 4 is 55.7 Å². The molecule has 0 N–H and O–H groups in total. The van der Waals surface area contributed by atoms with Gasteiger partial charge in [-0.05, 0) is 128 Å². The standard InChI is InChI=1S/C56H40N2/c1-4-16-41(17-5-1)45-23-12-27-50(38-45)58(51-28-13-24-46(39-51)42-18-6-2-7-19-42)49-36-34-48(35-37-49)57(47-25-8-3-9-26-47)52-33-32-44-22-15-31-55(56(44)40-52)54-30-14-21-43-20-10-11-29-53(43)54/h1-40H. The smallest absolute Gasteiger partial charge is 0.0468 e. The summed E-state index contributed by atoms with van der Waals surface area (Å²) in [4.78, 5) is 4.72. The summed E-state index contributed by atoms with van der Waals surface area (Å²) in [7, 11) is 0. The van der Waals surface area contributed by atoms with E-state index in [4.69, 9.17) is 0 Å². The summed E-state index contributed by atoms with van der Waals surface area (Å²) in [5.41, 5.74) is 13.7. The Morgan fingerprint density at radius 3 is 1.16 bits per heavy atom. The zero-order valence-electron chi connectivity index (χ0n) is 32.0. The number of rotatable bonds is 9. The first kappa shape index (κ1) is 34.8. The van der Waals surface area contributed by atoms with Crippen LogP contribution in [0.2, 0.25) is 0 Å². The predicted molar refractivity (Wildman–Crippen MR) is 247 cm³/mol. The third-order valence-corrected chi connectivity index (χ3v) is 11.0. The van der Waals surface area contributed by atoms with Crippen molar-refractivity contribution in [1.29, 1.82) is 0 Å². The third-order valence-electron chi connectivity index (χ3n) is 11.0. The van der Waals surface area contributed by atoms with Crippen LogP contribution in [-0.2, 0) is 0 Å². The van der Waals surface area contributed by atoms with Crippen molar-refractivity contribution in [3.63, 3.8) is 0 Å². The Bertz CT molecular complexity index is 2900. The van der Waals surface area contributed by atoms with Crippen LogP contribution in [0.3, 0.4) is 0 Å². The van der Waals surface area contributed by atoms with E-state index in [0.717, 1.165) is 34.1 Å². The molecule has 0 aliphatic carbocycles. The summed E-state index contributed by atoms with van der Waals surface area (Å²) in [6.45, 7) is 0. The Kier molecular flexibility index (Phi) is 9.27. The maximum Gasteiger partial charge on any atom is 0.0468 e. The van der Waals surface area contributed by atoms with E-state index < -0.39 is 0 Å². The van der Waals surface area contributed by atoms with Crippen molar-refractivity contribution in [2.24, 2.45) is 0 Å². The monoisotopic (exact) mass is 740 g/mol. The summed E-state index contributed by atoms with van der Waals surface area (Å²) in [5.74, 6) is 0. The molecule has 2 nitrogen and oxygen atoms in total. The molecule has 274 valence electrons. The van der Waals surface area contributed by atoms with Crippen LogP contribution >= 0.6 is 0 Å². The van der Waals surface area contributed by atoms with Gasteiger partial charge in [0.05, 0.1) is 0 Å². The molecule has 0 amide bonds. The van der Waals surface area contributed by atoms with Crippen LogP contribution in [0.1, 0.15) is 0 Å². The lowest BCUT2D eigenvalue weighted by molar-refractivity contribution is 1.26. The number of anilines is 6. The fourth-order valence-electron chi connectivity index (χ4n) is 8.23. The van der Waals surface area contributed by atoms with Crippen LogP contribution in [0.5, 0.6) is 0 Å². The van der Waals surface area contributed by atoms with Gasteiger partial charge in [0.1, 0.15) is 0 Å². The zero-order chi connectivity index (χ0) is 38.7. The molecule has 0 unspecified atom stereocenters. The summed E-state index contributed by atoms with van der Waals surface area (Å²) >= 11 is 0. The lowest BCUT2D eigenvalue weighted by Gasteiger charge is -2.29. The molecule has 0 aromatic heterocycles. The number of benzene rings is 10. The first-order valence-electron chi connectivity index (χ1n) is 19.8. The second-order valence-corrected chi connectivity index (χ2v) is 14.6. The van der Waals surface area contributed by atoms with Gasteiger partial charge in [0.15, 0.2) is 0 Å². The third kappa shape index (κ3) is 6.78. The highest BCUT2D eigenvalue weighted by molar-refractivity contribution is 6.06. The molecule has 10 aromatic rings. The number of hydrogen-bond acceptors (Lipinski definition) is 2. The molecule has 0 atom stereocenters. The van der Waals surface area contributed by atoms with E-state index in [-0.39, 0.29) is 0 Å². The van der Waals surface area contributed by atoms with Crippen molar-refractivity contribution < 1.29 is 0 Å². The average molecular weight is 741 g/mol. The fourth-order valence-corrected chi connectivity index (χ4v) is 8.23. The summed E-state index contributed by atoms with van der Waals surface area (Å²) in [6.07, 6.45) is 0. The van der Waals surface area contributed by atoms with Gasteiger partial charge in [0.2, 0.25) is 0 Å². The van der Waals surface area contributed by atoms with Crippen LogP contribution in [-0.4, -0.2) is 0 Å². The lowest BCUT2D eigenvalue weighted by Crippen LogP contribution is -2.12. The fraction of sp³-hybridized carbons (Fsp3) is 0. The van der Waals surface area contributed by atoms with E-state index in [1.54, 1.807) is 0 Å². The van der Waals surface area contributed by atoms with Gasteiger partial charge in [0.25, 0.3) is 0 Å². The van der Waals surface area contributed by atoms with Gasteiger partial charge in [-0.15, -0.1) is 0 Å². The van der Waals surface area contributed by atoms with Gasteiger partial charge >= 0.3 is 0 Å². The lowest BCUT2D eigenvalue weighted by atomic mass is 9.93. The molecule has 0 heterocycles. The second kappa shape index (κ2) is 15.5. The van der Waals surface area contributed by atoms with Crippen molar-refractivity contribution in [2.45, 2.75) is 0 Å². The van der Waals surface area contributed by atoms with E-state index in [0.29, 0.717) is 0 Å². The van der Waals surface area contributed by atoms with Crippen molar-refractivity contribution in [2.75, 3.05) is 9.80 Å². The zero-order valence-corrected chi connectivity index (χ0v) is 32.0. The Morgan fingerprint density at radius 1 is 0.207 bits per heavy atom. The number of para-hydroxylation sites is 1.